The molecule has 1 aromatic rings. The highest BCUT2D eigenvalue weighted by Gasteiger charge is 2.26. The van der Waals surface area contributed by atoms with E-state index in [0.717, 1.165) is 31.4 Å². The van der Waals surface area contributed by atoms with Crippen LogP contribution in [0.15, 0.2) is 0 Å². The standard InChI is InChI=1S/C15H26N4O/c1-9(14-10(2)18-19(4)11(14)3)17-13-7-5-12(6-8-13)15(16)20/h9,12-13,17H,5-8H2,1-4H3,(H2,16,20). The van der Waals surface area contributed by atoms with Crippen molar-refractivity contribution in [2.75, 3.05) is 0 Å². The zero-order chi connectivity index (χ0) is 14.9. The van der Waals surface area contributed by atoms with Crippen LogP contribution in [0, 0.1) is 19.8 Å². The van der Waals surface area contributed by atoms with Gasteiger partial charge in [0.2, 0.25) is 5.91 Å². The maximum absolute atomic E-state index is 11.2. The molecule has 20 heavy (non-hydrogen) atoms. The van der Waals surface area contributed by atoms with Crippen molar-refractivity contribution in [3.8, 4) is 0 Å². The summed E-state index contributed by atoms with van der Waals surface area (Å²) >= 11 is 0. The molecule has 1 atom stereocenters. The molecule has 1 heterocycles. The minimum Gasteiger partial charge on any atom is -0.369 e. The summed E-state index contributed by atoms with van der Waals surface area (Å²) in [5.74, 6) is -0.0688. The van der Waals surface area contributed by atoms with Gasteiger partial charge in [0.25, 0.3) is 0 Å². The predicted molar refractivity (Wildman–Crippen MR) is 79.2 cm³/mol. The summed E-state index contributed by atoms with van der Waals surface area (Å²) in [4.78, 5) is 11.2. The minimum atomic E-state index is -0.143. The van der Waals surface area contributed by atoms with Gasteiger partial charge in [-0.1, -0.05) is 0 Å². The van der Waals surface area contributed by atoms with Crippen LogP contribution in [-0.2, 0) is 11.8 Å². The lowest BCUT2D eigenvalue weighted by Gasteiger charge is -2.30. The monoisotopic (exact) mass is 278 g/mol. The van der Waals surface area contributed by atoms with Crippen molar-refractivity contribution < 1.29 is 4.79 Å². The second kappa shape index (κ2) is 5.95. The number of hydrogen-bond donors (Lipinski definition) is 2. The number of carbonyl (C=O) groups is 1. The average molecular weight is 278 g/mol. The molecule has 0 radical (unpaired) electrons. The first-order valence-electron chi connectivity index (χ1n) is 7.45. The molecule has 1 aromatic heterocycles. The fraction of sp³-hybridized carbons (Fsp3) is 0.733. The summed E-state index contributed by atoms with van der Waals surface area (Å²) in [6.07, 6.45) is 3.86. The van der Waals surface area contributed by atoms with Crippen molar-refractivity contribution in [1.82, 2.24) is 15.1 Å². The van der Waals surface area contributed by atoms with Gasteiger partial charge in [0.05, 0.1) is 5.69 Å². The van der Waals surface area contributed by atoms with Crippen LogP contribution in [0.5, 0.6) is 0 Å². The van der Waals surface area contributed by atoms with Crippen LogP contribution in [-0.4, -0.2) is 21.7 Å². The van der Waals surface area contributed by atoms with E-state index in [1.807, 2.05) is 11.7 Å². The molecule has 112 valence electrons. The molecule has 1 saturated carbocycles. The molecule has 2 rings (SSSR count). The van der Waals surface area contributed by atoms with Gasteiger partial charge >= 0.3 is 0 Å². The smallest absolute Gasteiger partial charge is 0.220 e. The topological polar surface area (TPSA) is 72.9 Å². The third kappa shape index (κ3) is 3.03. The molecule has 5 nitrogen and oxygen atoms in total. The third-order valence-electron chi connectivity index (χ3n) is 4.61. The van der Waals surface area contributed by atoms with Gasteiger partial charge in [-0.3, -0.25) is 9.48 Å². The van der Waals surface area contributed by atoms with Crippen LogP contribution in [0.2, 0.25) is 0 Å². The maximum Gasteiger partial charge on any atom is 0.220 e. The molecule has 0 saturated heterocycles. The Hall–Kier alpha value is -1.36. The van der Waals surface area contributed by atoms with E-state index in [0.29, 0.717) is 12.1 Å². The average Bonchev–Trinajstić information content (AvgIpc) is 2.63. The summed E-state index contributed by atoms with van der Waals surface area (Å²) in [6.45, 7) is 6.36. The van der Waals surface area contributed by atoms with Crippen LogP contribution in [0.25, 0.3) is 0 Å². The quantitative estimate of drug-likeness (QED) is 0.881. The van der Waals surface area contributed by atoms with E-state index in [1.54, 1.807) is 0 Å². The van der Waals surface area contributed by atoms with E-state index in [-0.39, 0.29) is 11.8 Å². The van der Waals surface area contributed by atoms with Gasteiger partial charge in [-0.05, 0) is 46.5 Å². The van der Waals surface area contributed by atoms with Crippen molar-refractivity contribution >= 4 is 5.91 Å². The summed E-state index contributed by atoms with van der Waals surface area (Å²) in [5.41, 5.74) is 8.98. The van der Waals surface area contributed by atoms with Crippen LogP contribution < -0.4 is 11.1 Å². The molecule has 0 aliphatic heterocycles. The van der Waals surface area contributed by atoms with Crippen molar-refractivity contribution in [1.29, 1.82) is 0 Å². The van der Waals surface area contributed by atoms with E-state index in [9.17, 15) is 4.79 Å². The first-order chi connectivity index (χ1) is 9.40. The predicted octanol–water partition coefficient (Wildman–Crippen LogP) is 1.73. The Morgan fingerprint density at radius 2 is 1.95 bits per heavy atom. The van der Waals surface area contributed by atoms with Gasteiger partial charge in [-0.15, -0.1) is 0 Å². The molecule has 0 spiro atoms. The van der Waals surface area contributed by atoms with Gasteiger partial charge < -0.3 is 11.1 Å². The Kier molecular flexibility index (Phi) is 4.48. The lowest BCUT2D eigenvalue weighted by molar-refractivity contribution is -0.122. The molecular formula is C15H26N4O. The molecule has 1 fully saturated rings. The van der Waals surface area contributed by atoms with Gasteiger partial charge in [0.15, 0.2) is 0 Å². The van der Waals surface area contributed by atoms with Crippen LogP contribution in [0.1, 0.15) is 55.6 Å². The number of nitrogens with two attached hydrogens (primary N) is 1. The zero-order valence-electron chi connectivity index (χ0n) is 12.9. The SMILES string of the molecule is Cc1nn(C)c(C)c1C(C)NC1CCC(C(N)=O)CC1. The number of aryl methyl sites for hydroxylation is 2. The molecule has 1 unspecified atom stereocenters. The normalized spacial score (nSPS) is 24.6. The Labute approximate surface area is 120 Å². The molecule has 0 aromatic carbocycles. The molecule has 3 N–H and O–H groups in total. The van der Waals surface area contributed by atoms with Crippen molar-refractivity contribution in [2.45, 2.75) is 58.5 Å². The number of primary amides is 1. The number of amides is 1. The van der Waals surface area contributed by atoms with Crippen molar-refractivity contribution in [3.05, 3.63) is 17.0 Å². The third-order valence-corrected chi connectivity index (χ3v) is 4.61. The molecule has 5 heteroatoms. The fourth-order valence-electron chi connectivity index (χ4n) is 3.40. The summed E-state index contributed by atoms with van der Waals surface area (Å²) in [7, 11) is 1.98. The van der Waals surface area contributed by atoms with E-state index >= 15 is 0 Å². The highest BCUT2D eigenvalue weighted by Crippen LogP contribution is 2.27. The summed E-state index contributed by atoms with van der Waals surface area (Å²) < 4.78 is 1.94. The lowest BCUT2D eigenvalue weighted by Crippen LogP contribution is -2.38. The first kappa shape index (κ1) is 15.0. The Bertz CT molecular complexity index is 486. The molecule has 1 aliphatic carbocycles. The van der Waals surface area contributed by atoms with Crippen molar-refractivity contribution in [2.24, 2.45) is 18.7 Å². The summed E-state index contributed by atoms with van der Waals surface area (Å²) in [6, 6.07) is 0.762. The Balaban J connectivity index is 1.96. The number of rotatable bonds is 4. The minimum absolute atomic E-state index is 0.0743. The molecular weight excluding hydrogens is 252 g/mol. The maximum atomic E-state index is 11.2. The number of hydrogen-bond acceptors (Lipinski definition) is 3. The number of aromatic nitrogens is 2. The molecule has 1 amide bonds. The number of nitrogens with zero attached hydrogens (tertiary/aromatic N) is 2. The van der Waals surface area contributed by atoms with E-state index in [1.165, 1.54) is 11.3 Å². The molecule has 1 aliphatic rings. The zero-order valence-corrected chi connectivity index (χ0v) is 12.9. The van der Waals surface area contributed by atoms with Gasteiger partial charge in [0.1, 0.15) is 0 Å². The highest BCUT2D eigenvalue weighted by molar-refractivity contribution is 5.76. The molecule has 0 bridgehead atoms. The van der Waals surface area contributed by atoms with Crippen LogP contribution >= 0.6 is 0 Å². The number of nitrogens with one attached hydrogen (secondary N) is 1. The van der Waals surface area contributed by atoms with Crippen LogP contribution in [0.3, 0.4) is 0 Å². The summed E-state index contributed by atoms with van der Waals surface area (Å²) in [5, 5.41) is 8.16. The van der Waals surface area contributed by atoms with E-state index in [4.69, 9.17) is 5.73 Å². The Morgan fingerprint density at radius 1 is 1.35 bits per heavy atom. The van der Waals surface area contributed by atoms with Crippen molar-refractivity contribution in [3.63, 3.8) is 0 Å². The fourth-order valence-corrected chi connectivity index (χ4v) is 3.40. The second-order valence-electron chi connectivity index (χ2n) is 6.05. The second-order valence-corrected chi connectivity index (χ2v) is 6.05. The van der Waals surface area contributed by atoms with E-state index in [2.05, 4.69) is 31.2 Å². The first-order valence-corrected chi connectivity index (χ1v) is 7.45. The van der Waals surface area contributed by atoms with Gasteiger partial charge in [-0.2, -0.15) is 5.10 Å². The van der Waals surface area contributed by atoms with E-state index < -0.39 is 0 Å². The Morgan fingerprint density at radius 3 is 2.40 bits per heavy atom. The largest absolute Gasteiger partial charge is 0.369 e. The van der Waals surface area contributed by atoms with Gasteiger partial charge in [0, 0.05) is 36.3 Å². The van der Waals surface area contributed by atoms with Crippen LogP contribution in [0.4, 0.5) is 0 Å². The lowest BCUT2D eigenvalue weighted by atomic mass is 9.85. The highest BCUT2D eigenvalue weighted by atomic mass is 16.1. The number of carbonyl (C=O) groups excluding carboxylic acids is 1. The van der Waals surface area contributed by atoms with Gasteiger partial charge in [-0.25, -0.2) is 0 Å².